The fourth-order valence-electron chi connectivity index (χ4n) is 2.42. The molecule has 128 valence electrons. The van der Waals surface area contributed by atoms with E-state index < -0.39 is 33.9 Å². The summed E-state index contributed by atoms with van der Waals surface area (Å²) in [5.74, 6) is -1.07. The fourth-order valence-corrected chi connectivity index (χ4v) is 2.98. The van der Waals surface area contributed by atoms with Crippen molar-refractivity contribution in [3.05, 3.63) is 42.5 Å². The second kappa shape index (κ2) is 6.21. The molecular formula is C14H14FN3O5S. The van der Waals surface area contributed by atoms with Gasteiger partial charge in [0.25, 0.3) is 10.1 Å². The van der Waals surface area contributed by atoms with Crippen LogP contribution in [0.15, 0.2) is 36.7 Å². The second-order valence-electron chi connectivity index (χ2n) is 5.28. The maximum absolute atomic E-state index is 14.2. The molecule has 1 aromatic carbocycles. The van der Waals surface area contributed by atoms with Crippen LogP contribution in [0, 0.1) is 5.82 Å². The number of nitrogens with zero attached hydrogens (tertiary/aromatic N) is 3. The van der Waals surface area contributed by atoms with E-state index in [1.165, 1.54) is 27.9 Å². The molecule has 0 spiro atoms. The molecule has 1 aromatic heterocycles. The number of anilines is 1. The third-order valence-electron chi connectivity index (χ3n) is 3.57. The highest BCUT2D eigenvalue weighted by Gasteiger charge is 2.33. The molecule has 1 saturated heterocycles. The van der Waals surface area contributed by atoms with Gasteiger partial charge < -0.3 is 4.74 Å². The van der Waals surface area contributed by atoms with Crippen molar-refractivity contribution in [3.8, 4) is 5.69 Å². The SMILES string of the molecule is O=C1OC(CCS(=O)(=O)O)CN1c1ccc(-n2cccn2)c(F)c1. The quantitative estimate of drug-likeness (QED) is 0.818. The summed E-state index contributed by atoms with van der Waals surface area (Å²) in [7, 11) is -4.13. The molecule has 0 saturated carbocycles. The molecule has 1 N–H and O–H groups in total. The van der Waals surface area contributed by atoms with Crippen LogP contribution in [0.5, 0.6) is 0 Å². The topological polar surface area (TPSA) is 102 Å². The van der Waals surface area contributed by atoms with Crippen LogP contribution in [-0.4, -0.2) is 47.2 Å². The van der Waals surface area contributed by atoms with Crippen molar-refractivity contribution in [2.24, 2.45) is 0 Å². The predicted octanol–water partition coefficient (Wildman–Crippen LogP) is 1.61. The van der Waals surface area contributed by atoms with Gasteiger partial charge in [-0.2, -0.15) is 13.5 Å². The van der Waals surface area contributed by atoms with Crippen molar-refractivity contribution in [2.75, 3.05) is 17.2 Å². The standard InChI is InChI=1S/C14H14FN3O5S/c15-12-8-10(2-3-13(12)18-6-1-5-16-18)17-9-11(23-14(17)19)4-7-24(20,21)22/h1-3,5-6,8,11H,4,7,9H2,(H,20,21,22). The zero-order valence-electron chi connectivity index (χ0n) is 12.4. The normalized spacial score (nSPS) is 18.0. The minimum atomic E-state index is -4.13. The first-order valence-electron chi connectivity index (χ1n) is 7.06. The van der Waals surface area contributed by atoms with E-state index in [0.29, 0.717) is 5.69 Å². The zero-order valence-corrected chi connectivity index (χ0v) is 13.2. The Morgan fingerprint density at radius 1 is 1.42 bits per heavy atom. The van der Waals surface area contributed by atoms with Gasteiger partial charge in [0.1, 0.15) is 11.8 Å². The molecule has 1 atom stereocenters. The van der Waals surface area contributed by atoms with Crippen LogP contribution < -0.4 is 4.90 Å². The average molecular weight is 355 g/mol. The smallest absolute Gasteiger partial charge is 0.414 e. The highest BCUT2D eigenvalue weighted by atomic mass is 32.2. The van der Waals surface area contributed by atoms with Crippen LogP contribution in [0.2, 0.25) is 0 Å². The molecule has 0 bridgehead atoms. The van der Waals surface area contributed by atoms with Crippen LogP contribution in [0.3, 0.4) is 0 Å². The maximum atomic E-state index is 14.2. The summed E-state index contributed by atoms with van der Waals surface area (Å²) in [6, 6.07) is 5.87. The lowest BCUT2D eigenvalue weighted by molar-refractivity contribution is 0.139. The second-order valence-corrected chi connectivity index (χ2v) is 6.85. The zero-order chi connectivity index (χ0) is 17.3. The first-order valence-corrected chi connectivity index (χ1v) is 8.67. The lowest BCUT2D eigenvalue weighted by Gasteiger charge is -2.14. The number of amides is 1. The van der Waals surface area contributed by atoms with E-state index in [1.807, 2.05) is 0 Å². The summed E-state index contributed by atoms with van der Waals surface area (Å²) in [5.41, 5.74) is 0.530. The minimum absolute atomic E-state index is 0.0328. The van der Waals surface area contributed by atoms with Gasteiger partial charge in [0.2, 0.25) is 0 Å². The van der Waals surface area contributed by atoms with E-state index in [2.05, 4.69) is 5.10 Å². The number of carbonyl (C=O) groups excluding carboxylic acids is 1. The summed E-state index contributed by atoms with van der Waals surface area (Å²) in [4.78, 5) is 13.1. The van der Waals surface area contributed by atoms with Crippen LogP contribution >= 0.6 is 0 Å². The Bertz CT molecular complexity index is 853. The first kappa shape index (κ1) is 16.4. The predicted molar refractivity (Wildman–Crippen MR) is 82.2 cm³/mol. The number of aromatic nitrogens is 2. The van der Waals surface area contributed by atoms with Gasteiger partial charge in [-0.05, 0) is 24.3 Å². The summed E-state index contributed by atoms with van der Waals surface area (Å²) < 4.78 is 50.9. The van der Waals surface area contributed by atoms with Crippen LogP contribution in [-0.2, 0) is 14.9 Å². The Morgan fingerprint density at radius 2 is 2.21 bits per heavy atom. The van der Waals surface area contributed by atoms with Gasteiger partial charge in [-0.1, -0.05) is 0 Å². The minimum Gasteiger partial charge on any atom is -0.444 e. The Balaban J connectivity index is 1.75. The Hall–Kier alpha value is -2.46. The number of rotatable bonds is 5. The highest BCUT2D eigenvalue weighted by molar-refractivity contribution is 7.85. The molecule has 3 rings (SSSR count). The van der Waals surface area contributed by atoms with Crippen molar-refractivity contribution < 1.29 is 26.9 Å². The average Bonchev–Trinajstić information content (AvgIpc) is 3.14. The van der Waals surface area contributed by atoms with Crippen molar-refractivity contribution in [3.63, 3.8) is 0 Å². The Kier molecular flexibility index (Phi) is 4.24. The van der Waals surface area contributed by atoms with E-state index in [0.717, 1.165) is 0 Å². The molecule has 1 aliphatic rings. The van der Waals surface area contributed by atoms with Gasteiger partial charge >= 0.3 is 6.09 Å². The van der Waals surface area contributed by atoms with E-state index in [4.69, 9.17) is 9.29 Å². The van der Waals surface area contributed by atoms with Gasteiger partial charge in [0, 0.05) is 18.8 Å². The first-order chi connectivity index (χ1) is 11.3. The molecule has 2 heterocycles. The number of hydrogen-bond donors (Lipinski definition) is 1. The van der Waals surface area contributed by atoms with Gasteiger partial charge in [0.05, 0.1) is 18.0 Å². The third kappa shape index (κ3) is 3.54. The largest absolute Gasteiger partial charge is 0.444 e. The van der Waals surface area contributed by atoms with Crippen molar-refractivity contribution in [1.29, 1.82) is 0 Å². The van der Waals surface area contributed by atoms with Gasteiger partial charge in [-0.15, -0.1) is 0 Å². The summed E-state index contributed by atoms with van der Waals surface area (Å²) in [6.07, 6.45) is 1.70. The molecule has 1 aliphatic heterocycles. The lowest BCUT2D eigenvalue weighted by atomic mass is 10.2. The molecular weight excluding hydrogens is 341 g/mol. The fraction of sp³-hybridized carbons (Fsp3) is 0.286. The number of hydrogen-bond acceptors (Lipinski definition) is 5. The van der Waals surface area contributed by atoms with Crippen LogP contribution in [0.1, 0.15) is 6.42 Å². The third-order valence-corrected chi connectivity index (χ3v) is 4.32. The molecule has 1 unspecified atom stereocenters. The summed E-state index contributed by atoms with van der Waals surface area (Å²) >= 11 is 0. The van der Waals surface area contributed by atoms with E-state index in [1.54, 1.807) is 18.3 Å². The Labute approximate surface area is 137 Å². The maximum Gasteiger partial charge on any atom is 0.414 e. The summed E-state index contributed by atoms with van der Waals surface area (Å²) in [6.45, 7) is 0.0783. The molecule has 1 fully saturated rings. The van der Waals surface area contributed by atoms with Gasteiger partial charge in [-0.25, -0.2) is 13.9 Å². The molecule has 8 nitrogen and oxygen atoms in total. The molecule has 24 heavy (non-hydrogen) atoms. The lowest BCUT2D eigenvalue weighted by Crippen LogP contribution is -2.25. The van der Waals surface area contributed by atoms with Crippen LogP contribution in [0.4, 0.5) is 14.9 Å². The van der Waals surface area contributed by atoms with E-state index in [9.17, 15) is 17.6 Å². The van der Waals surface area contributed by atoms with Gasteiger partial charge in [-0.3, -0.25) is 9.45 Å². The molecule has 2 aromatic rings. The monoisotopic (exact) mass is 355 g/mol. The van der Waals surface area contributed by atoms with Crippen LogP contribution in [0.25, 0.3) is 5.69 Å². The molecule has 1 amide bonds. The van der Waals surface area contributed by atoms with Crippen molar-refractivity contribution >= 4 is 21.9 Å². The van der Waals surface area contributed by atoms with Gasteiger partial charge in [0.15, 0.2) is 5.82 Å². The number of ether oxygens (including phenoxy) is 1. The van der Waals surface area contributed by atoms with E-state index in [-0.39, 0.29) is 18.7 Å². The molecule has 0 radical (unpaired) electrons. The highest BCUT2D eigenvalue weighted by Crippen LogP contribution is 2.26. The van der Waals surface area contributed by atoms with E-state index >= 15 is 0 Å². The van der Waals surface area contributed by atoms with Crippen molar-refractivity contribution in [2.45, 2.75) is 12.5 Å². The molecule has 0 aliphatic carbocycles. The molecule has 10 heteroatoms. The number of carbonyl (C=O) groups is 1. The van der Waals surface area contributed by atoms with Crippen molar-refractivity contribution in [1.82, 2.24) is 9.78 Å². The number of halogens is 1. The summed E-state index contributed by atoms with van der Waals surface area (Å²) in [5, 5.41) is 3.94. The Morgan fingerprint density at radius 3 is 2.83 bits per heavy atom. The number of benzene rings is 1. The number of cyclic esters (lactones) is 1.